The SMILES string of the molecule is CC[C@H]1CN2c3cc(OCc4ccc(F)c(F)c4)nc(=O)n3CC2CO1. The topological polar surface area (TPSA) is 56.6 Å². The summed E-state index contributed by atoms with van der Waals surface area (Å²) in [5.74, 6) is -0.912. The maximum Gasteiger partial charge on any atom is 0.352 e. The second-order valence-corrected chi connectivity index (χ2v) is 6.55. The molecule has 6 nitrogen and oxygen atoms in total. The summed E-state index contributed by atoms with van der Waals surface area (Å²) in [5.41, 5.74) is 0.0758. The van der Waals surface area contributed by atoms with Gasteiger partial charge in [0.25, 0.3) is 0 Å². The van der Waals surface area contributed by atoms with E-state index in [0.29, 0.717) is 25.3 Å². The van der Waals surface area contributed by atoms with Crippen LogP contribution in [0.3, 0.4) is 0 Å². The molecule has 2 aromatic rings. The Morgan fingerprint density at radius 3 is 2.88 bits per heavy atom. The van der Waals surface area contributed by atoms with E-state index >= 15 is 0 Å². The fraction of sp³-hybridized carbons (Fsp3) is 0.444. The highest BCUT2D eigenvalue weighted by molar-refractivity contribution is 5.47. The van der Waals surface area contributed by atoms with E-state index in [2.05, 4.69) is 16.8 Å². The van der Waals surface area contributed by atoms with Crippen molar-refractivity contribution >= 4 is 5.82 Å². The number of benzene rings is 1. The summed E-state index contributed by atoms with van der Waals surface area (Å²) in [4.78, 5) is 18.4. The number of rotatable bonds is 4. The van der Waals surface area contributed by atoms with Crippen molar-refractivity contribution < 1.29 is 18.3 Å². The highest BCUT2D eigenvalue weighted by atomic mass is 19.2. The highest BCUT2D eigenvalue weighted by Gasteiger charge is 2.36. The first kappa shape index (κ1) is 17.0. The van der Waals surface area contributed by atoms with Crippen molar-refractivity contribution in [1.29, 1.82) is 0 Å². The number of fused-ring (bicyclic) bond motifs is 3. The fourth-order valence-corrected chi connectivity index (χ4v) is 3.39. The van der Waals surface area contributed by atoms with E-state index in [0.717, 1.165) is 24.4 Å². The Labute approximate surface area is 149 Å². The van der Waals surface area contributed by atoms with Crippen molar-refractivity contribution in [3.8, 4) is 5.88 Å². The summed E-state index contributed by atoms with van der Waals surface area (Å²) in [6, 6.07) is 5.39. The summed E-state index contributed by atoms with van der Waals surface area (Å²) < 4.78 is 39.3. The molecule has 8 heteroatoms. The van der Waals surface area contributed by atoms with E-state index in [1.54, 1.807) is 10.6 Å². The van der Waals surface area contributed by atoms with Gasteiger partial charge in [-0.15, -0.1) is 0 Å². The predicted molar refractivity (Wildman–Crippen MR) is 90.4 cm³/mol. The molecule has 0 aliphatic carbocycles. The molecule has 0 spiro atoms. The number of ether oxygens (including phenoxy) is 2. The van der Waals surface area contributed by atoms with Crippen LogP contribution in [0.15, 0.2) is 29.1 Å². The summed E-state index contributed by atoms with van der Waals surface area (Å²) in [6.07, 6.45) is 1.03. The average Bonchev–Trinajstić information content (AvgIpc) is 3.01. The Morgan fingerprint density at radius 1 is 1.27 bits per heavy atom. The third-order valence-electron chi connectivity index (χ3n) is 4.84. The van der Waals surface area contributed by atoms with Crippen LogP contribution in [0, 0.1) is 11.6 Å². The Bertz CT molecular complexity index is 886. The second-order valence-electron chi connectivity index (χ2n) is 6.55. The molecule has 4 rings (SSSR count). The molecule has 1 unspecified atom stereocenters. The third kappa shape index (κ3) is 3.05. The van der Waals surface area contributed by atoms with Gasteiger partial charge in [-0.05, 0) is 24.1 Å². The van der Waals surface area contributed by atoms with E-state index in [9.17, 15) is 13.6 Å². The number of halogens is 2. The summed E-state index contributed by atoms with van der Waals surface area (Å²) in [5, 5.41) is 0. The number of anilines is 1. The van der Waals surface area contributed by atoms with Crippen molar-refractivity contribution in [1.82, 2.24) is 9.55 Å². The smallest absolute Gasteiger partial charge is 0.352 e. The number of hydrogen-bond acceptors (Lipinski definition) is 5. The molecule has 1 aromatic carbocycles. The molecule has 3 heterocycles. The standard InChI is InChI=1S/C18H19F2N3O3/c1-2-13-8-22-12(10-25-13)7-23-17(22)6-16(21-18(23)24)26-9-11-3-4-14(19)15(20)5-11/h3-6,12-13H,2,7-10H2,1H3/t12?,13-/m0/s1. The Hall–Kier alpha value is -2.48. The molecule has 0 saturated carbocycles. The van der Waals surface area contributed by atoms with E-state index in [-0.39, 0.29) is 30.3 Å². The molecule has 0 bridgehead atoms. The van der Waals surface area contributed by atoms with Crippen LogP contribution in [0.1, 0.15) is 18.9 Å². The molecule has 2 atom stereocenters. The van der Waals surface area contributed by atoms with Gasteiger partial charge in [-0.3, -0.25) is 4.57 Å². The van der Waals surface area contributed by atoms with Gasteiger partial charge in [0.1, 0.15) is 12.4 Å². The van der Waals surface area contributed by atoms with Crippen LogP contribution in [0.2, 0.25) is 0 Å². The van der Waals surface area contributed by atoms with Crippen molar-refractivity contribution in [2.75, 3.05) is 18.1 Å². The van der Waals surface area contributed by atoms with Gasteiger partial charge in [-0.2, -0.15) is 4.98 Å². The van der Waals surface area contributed by atoms with Crippen molar-refractivity contribution in [3.05, 3.63) is 51.9 Å². The molecule has 1 saturated heterocycles. The highest BCUT2D eigenvalue weighted by Crippen LogP contribution is 2.30. The molecule has 2 aliphatic rings. The summed E-state index contributed by atoms with van der Waals surface area (Å²) >= 11 is 0. The van der Waals surface area contributed by atoms with Gasteiger partial charge in [0, 0.05) is 12.6 Å². The van der Waals surface area contributed by atoms with Gasteiger partial charge in [0.2, 0.25) is 5.88 Å². The largest absolute Gasteiger partial charge is 0.473 e. The van der Waals surface area contributed by atoms with Crippen molar-refractivity contribution in [3.63, 3.8) is 0 Å². The minimum absolute atomic E-state index is 0.00276. The van der Waals surface area contributed by atoms with Gasteiger partial charge in [0.15, 0.2) is 11.6 Å². The zero-order chi connectivity index (χ0) is 18.3. The molecule has 0 radical (unpaired) electrons. The lowest BCUT2D eigenvalue weighted by Crippen LogP contribution is -2.47. The van der Waals surface area contributed by atoms with Gasteiger partial charge < -0.3 is 14.4 Å². The molecule has 1 aromatic heterocycles. The Kier molecular flexibility index (Phi) is 4.36. The van der Waals surface area contributed by atoms with Gasteiger partial charge in [-0.25, -0.2) is 13.6 Å². The summed E-state index contributed by atoms with van der Waals surface area (Å²) in [7, 11) is 0. The minimum atomic E-state index is -0.935. The molecular weight excluding hydrogens is 344 g/mol. The predicted octanol–water partition coefficient (Wildman–Crippen LogP) is 2.10. The maximum atomic E-state index is 13.3. The maximum absolute atomic E-state index is 13.3. The monoisotopic (exact) mass is 363 g/mol. The number of nitrogens with zero attached hydrogens (tertiary/aromatic N) is 3. The van der Waals surface area contributed by atoms with Crippen LogP contribution >= 0.6 is 0 Å². The van der Waals surface area contributed by atoms with E-state index in [1.165, 1.54) is 6.07 Å². The lowest BCUT2D eigenvalue weighted by Gasteiger charge is -2.35. The second kappa shape index (κ2) is 6.68. The first-order valence-corrected chi connectivity index (χ1v) is 8.62. The van der Waals surface area contributed by atoms with Gasteiger partial charge >= 0.3 is 5.69 Å². The molecule has 26 heavy (non-hydrogen) atoms. The molecule has 138 valence electrons. The van der Waals surface area contributed by atoms with Crippen LogP contribution in [0.25, 0.3) is 0 Å². The Balaban J connectivity index is 1.55. The quantitative estimate of drug-likeness (QED) is 0.833. The zero-order valence-corrected chi connectivity index (χ0v) is 14.3. The van der Waals surface area contributed by atoms with E-state index in [4.69, 9.17) is 9.47 Å². The van der Waals surface area contributed by atoms with E-state index in [1.807, 2.05) is 0 Å². The third-order valence-corrected chi connectivity index (χ3v) is 4.84. The van der Waals surface area contributed by atoms with Gasteiger partial charge in [0.05, 0.1) is 25.3 Å². The normalized spacial score (nSPS) is 21.4. The average molecular weight is 363 g/mol. The van der Waals surface area contributed by atoms with E-state index < -0.39 is 11.6 Å². The fourth-order valence-electron chi connectivity index (χ4n) is 3.39. The molecular formula is C18H19F2N3O3. The zero-order valence-electron chi connectivity index (χ0n) is 14.3. The summed E-state index contributed by atoms with van der Waals surface area (Å²) in [6.45, 7) is 3.90. The number of morpholine rings is 1. The minimum Gasteiger partial charge on any atom is -0.473 e. The molecule has 2 aliphatic heterocycles. The van der Waals surface area contributed by atoms with Crippen LogP contribution in [-0.2, 0) is 17.9 Å². The molecule has 0 amide bonds. The first-order valence-electron chi connectivity index (χ1n) is 8.62. The first-order chi connectivity index (χ1) is 12.5. The van der Waals surface area contributed by atoms with Gasteiger partial charge in [-0.1, -0.05) is 13.0 Å². The molecule has 1 fully saturated rings. The Morgan fingerprint density at radius 2 is 2.12 bits per heavy atom. The van der Waals surface area contributed by atoms with Crippen molar-refractivity contribution in [2.24, 2.45) is 0 Å². The van der Waals surface area contributed by atoms with Crippen LogP contribution < -0.4 is 15.3 Å². The lowest BCUT2D eigenvalue weighted by molar-refractivity contribution is 0.0188. The number of hydrogen-bond donors (Lipinski definition) is 0. The lowest BCUT2D eigenvalue weighted by atomic mass is 10.1. The number of aromatic nitrogens is 2. The van der Waals surface area contributed by atoms with Crippen LogP contribution in [0.4, 0.5) is 14.6 Å². The van der Waals surface area contributed by atoms with Crippen LogP contribution in [-0.4, -0.2) is 34.8 Å². The van der Waals surface area contributed by atoms with Crippen molar-refractivity contribution in [2.45, 2.75) is 38.6 Å². The van der Waals surface area contributed by atoms with Crippen LogP contribution in [0.5, 0.6) is 5.88 Å². The molecule has 0 N–H and O–H groups in total.